The SMILES string of the molecule is CC1CN(Cc2cccc(Cl)c2F)CC(C)N1. The Morgan fingerprint density at radius 1 is 1.35 bits per heavy atom. The summed E-state index contributed by atoms with van der Waals surface area (Å²) in [6, 6.07) is 6.08. The van der Waals surface area contributed by atoms with Crippen molar-refractivity contribution in [3.8, 4) is 0 Å². The van der Waals surface area contributed by atoms with Gasteiger partial charge in [0.05, 0.1) is 5.02 Å². The fourth-order valence-corrected chi connectivity index (χ4v) is 2.67. The Morgan fingerprint density at radius 3 is 2.65 bits per heavy atom. The van der Waals surface area contributed by atoms with Gasteiger partial charge in [0.2, 0.25) is 0 Å². The maximum Gasteiger partial charge on any atom is 0.146 e. The topological polar surface area (TPSA) is 15.3 Å². The van der Waals surface area contributed by atoms with Crippen LogP contribution in [-0.2, 0) is 6.54 Å². The zero-order chi connectivity index (χ0) is 12.4. The van der Waals surface area contributed by atoms with Crippen LogP contribution >= 0.6 is 11.6 Å². The first-order chi connectivity index (χ1) is 8.06. The van der Waals surface area contributed by atoms with Crippen LogP contribution in [0, 0.1) is 5.82 Å². The van der Waals surface area contributed by atoms with E-state index in [0.717, 1.165) is 13.1 Å². The number of piperazine rings is 1. The number of rotatable bonds is 2. The van der Waals surface area contributed by atoms with E-state index in [4.69, 9.17) is 11.6 Å². The number of hydrogen-bond donors (Lipinski definition) is 1. The second-order valence-electron chi connectivity index (χ2n) is 4.88. The molecule has 0 spiro atoms. The summed E-state index contributed by atoms with van der Waals surface area (Å²) in [4.78, 5) is 2.26. The summed E-state index contributed by atoms with van der Waals surface area (Å²) in [5.74, 6) is -0.284. The molecular weight excluding hydrogens is 239 g/mol. The second kappa shape index (κ2) is 5.34. The van der Waals surface area contributed by atoms with Crippen molar-refractivity contribution in [1.82, 2.24) is 10.2 Å². The summed E-state index contributed by atoms with van der Waals surface area (Å²) in [5.41, 5.74) is 0.679. The molecule has 1 aromatic carbocycles. The van der Waals surface area contributed by atoms with E-state index in [9.17, 15) is 4.39 Å². The number of nitrogens with zero attached hydrogens (tertiary/aromatic N) is 1. The number of halogens is 2. The van der Waals surface area contributed by atoms with Gasteiger partial charge in [-0.15, -0.1) is 0 Å². The summed E-state index contributed by atoms with van der Waals surface area (Å²) < 4.78 is 13.8. The molecule has 1 aliphatic heterocycles. The zero-order valence-corrected chi connectivity index (χ0v) is 11.0. The second-order valence-corrected chi connectivity index (χ2v) is 5.28. The van der Waals surface area contributed by atoms with E-state index in [1.165, 1.54) is 0 Å². The van der Waals surface area contributed by atoms with E-state index in [2.05, 4.69) is 24.1 Å². The Bertz CT molecular complexity index is 387. The van der Waals surface area contributed by atoms with Crippen molar-refractivity contribution >= 4 is 11.6 Å². The molecule has 2 rings (SSSR count). The normalized spacial score (nSPS) is 26.1. The minimum atomic E-state index is -0.284. The van der Waals surface area contributed by atoms with Gasteiger partial charge >= 0.3 is 0 Å². The van der Waals surface area contributed by atoms with Crippen LogP contribution in [0.15, 0.2) is 18.2 Å². The molecule has 1 aromatic rings. The molecule has 0 aliphatic carbocycles. The summed E-state index contributed by atoms with van der Waals surface area (Å²) in [5, 5.41) is 3.67. The van der Waals surface area contributed by atoms with Gasteiger partial charge in [-0.3, -0.25) is 4.90 Å². The lowest BCUT2D eigenvalue weighted by Gasteiger charge is -2.36. The highest BCUT2D eigenvalue weighted by molar-refractivity contribution is 6.30. The number of benzene rings is 1. The molecule has 1 N–H and O–H groups in total. The van der Waals surface area contributed by atoms with E-state index in [1.807, 2.05) is 0 Å². The first kappa shape index (κ1) is 12.8. The van der Waals surface area contributed by atoms with Crippen LogP contribution in [0.3, 0.4) is 0 Å². The van der Waals surface area contributed by atoms with Gasteiger partial charge in [-0.1, -0.05) is 23.7 Å². The fraction of sp³-hybridized carbons (Fsp3) is 0.538. The quantitative estimate of drug-likeness (QED) is 0.875. The van der Waals surface area contributed by atoms with E-state index in [1.54, 1.807) is 18.2 Å². The molecule has 0 radical (unpaired) electrons. The maximum absolute atomic E-state index is 13.8. The maximum atomic E-state index is 13.8. The van der Waals surface area contributed by atoms with Crippen LogP contribution in [0.2, 0.25) is 5.02 Å². The predicted octanol–water partition coefficient (Wildman–Crippen LogP) is 2.66. The molecule has 1 aliphatic rings. The highest BCUT2D eigenvalue weighted by atomic mass is 35.5. The van der Waals surface area contributed by atoms with Crippen LogP contribution in [-0.4, -0.2) is 30.1 Å². The molecule has 0 aromatic heterocycles. The molecule has 2 nitrogen and oxygen atoms in total. The average Bonchev–Trinajstić information content (AvgIpc) is 2.23. The first-order valence-electron chi connectivity index (χ1n) is 5.97. The Morgan fingerprint density at radius 2 is 2.00 bits per heavy atom. The summed E-state index contributed by atoms with van der Waals surface area (Å²) in [6.07, 6.45) is 0. The minimum Gasteiger partial charge on any atom is -0.309 e. The largest absolute Gasteiger partial charge is 0.309 e. The average molecular weight is 257 g/mol. The van der Waals surface area contributed by atoms with Crippen molar-refractivity contribution < 1.29 is 4.39 Å². The Balaban J connectivity index is 2.07. The van der Waals surface area contributed by atoms with Gasteiger partial charge in [-0.25, -0.2) is 4.39 Å². The van der Waals surface area contributed by atoms with Crippen molar-refractivity contribution in [2.45, 2.75) is 32.5 Å². The smallest absolute Gasteiger partial charge is 0.146 e. The molecule has 2 unspecified atom stereocenters. The highest BCUT2D eigenvalue weighted by Crippen LogP contribution is 2.20. The van der Waals surface area contributed by atoms with Gasteiger partial charge in [-0.2, -0.15) is 0 Å². The lowest BCUT2D eigenvalue weighted by Crippen LogP contribution is -2.53. The summed E-state index contributed by atoms with van der Waals surface area (Å²) in [6.45, 7) is 6.81. The lowest BCUT2D eigenvalue weighted by molar-refractivity contribution is 0.165. The molecular formula is C13H18ClFN2. The van der Waals surface area contributed by atoms with E-state index >= 15 is 0 Å². The fourth-order valence-electron chi connectivity index (χ4n) is 2.48. The molecule has 1 saturated heterocycles. The Labute approximate surface area is 107 Å². The first-order valence-corrected chi connectivity index (χ1v) is 6.35. The highest BCUT2D eigenvalue weighted by Gasteiger charge is 2.21. The van der Waals surface area contributed by atoms with Crippen LogP contribution in [0.25, 0.3) is 0 Å². The predicted molar refractivity (Wildman–Crippen MR) is 68.7 cm³/mol. The Kier molecular flexibility index (Phi) is 4.02. The monoisotopic (exact) mass is 256 g/mol. The van der Waals surface area contributed by atoms with Gasteiger partial charge in [0, 0.05) is 37.3 Å². The molecule has 17 heavy (non-hydrogen) atoms. The van der Waals surface area contributed by atoms with Gasteiger partial charge in [0.1, 0.15) is 5.82 Å². The third-order valence-corrected chi connectivity index (χ3v) is 3.35. The third kappa shape index (κ3) is 3.18. The molecule has 1 heterocycles. The van der Waals surface area contributed by atoms with E-state index in [0.29, 0.717) is 24.2 Å². The zero-order valence-electron chi connectivity index (χ0n) is 10.2. The molecule has 1 fully saturated rings. The molecule has 94 valence electrons. The van der Waals surface area contributed by atoms with Gasteiger partial charge in [0.15, 0.2) is 0 Å². The minimum absolute atomic E-state index is 0.207. The summed E-state index contributed by atoms with van der Waals surface area (Å²) in [7, 11) is 0. The van der Waals surface area contributed by atoms with E-state index in [-0.39, 0.29) is 10.8 Å². The molecule has 0 saturated carbocycles. The number of hydrogen-bond acceptors (Lipinski definition) is 2. The lowest BCUT2D eigenvalue weighted by atomic mass is 10.1. The molecule has 0 bridgehead atoms. The molecule has 4 heteroatoms. The van der Waals surface area contributed by atoms with Crippen LogP contribution < -0.4 is 5.32 Å². The van der Waals surface area contributed by atoms with Crippen molar-refractivity contribution in [3.05, 3.63) is 34.6 Å². The van der Waals surface area contributed by atoms with Crippen molar-refractivity contribution in [2.75, 3.05) is 13.1 Å². The van der Waals surface area contributed by atoms with Crippen LogP contribution in [0.1, 0.15) is 19.4 Å². The van der Waals surface area contributed by atoms with Crippen molar-refractivity contribution in [2.24, 2.45) is 0 Å². The molecule has 2 atom stereocenters. The van der Waals surface area contributed by atoms with Crippen LogP contribution in [0.4, 0.5) is 4.39 Å². The number of nitrogens with one attached hydrogen (secondary N) is 1. The van der Waals surface area contributed by atoms with E-state index < -0.39 is 0 Å². The third-order valence-electron chi connectivity index (χ3n) is 3.06. The standard InChI is InChI=1S/C13H18ClFN2/c1-9-6-17(7-10(2)16-9)8-11-4-3-5-12(14)13(11)15/h3-5,9-10,16H,6-8H2,1-2H3. The van der Waals surface area contributed by atoms with Gasteiger partial charge in [-0.05, 0) is 19.9 Å². The van der Waals surface area contributed by atoms with Crippen LogP contribution in [0.5, 0.6) is 0 Å². The van der Waals surface area contributed by atoms with Crippen molar-refractivity contribution in [3.63, 3.8) is 0 Å². The van der Waals surface area contributed by atoms with Crippen molar-refractivity contribution in [1.29, 1.82) is 0 Å². The molecule has 0 amide bonds. The Hall–Kier alpha value is -0.640. The van der Waals surface area contributed by atoms with Gasteiger partial charge in [0.25, 0.3) is 0 Å². The van der Waals surface area contributed by atoms with Gasteiger partial charge < -0.3 is 5.32 Å². The summed E-state index contributed by atoms with van der Waals surface area (Å²) >= 11 is 5.78.